The minimum absolute atomic E-state index is 0.0545. The zero-order valence-electron chi connectivity index (χ0n) is 13.0. The first-order valence-corrected chi connectivity index (χ1v) is 9.04. The molecule has 1 aromatic rings. The lowest BCUT2D eigenvalue weighted by atomic mass is 10.2. The van der Waals surface area contributed by atoms with Crippen LogP contribution < -0.4 is 14.8 Å². The van der Waals surface area contributed by atoms with E-state index in [9.17, 15) is 4.79 Å². The molecular weight excluding hydrogens is 382 g/mol. The molecule has 0 aromatic heterocycles. The summed E-state index contributed by atoms with van der Waals surface area (Å²) in [6.45, 7) is 5.15. The van der Waals surface area contributed by atoms with Crippen molar-refractivity contribution in [1.82, 2.24) is 5.32 Å². The maximum atomic E-state index is 11.1. The van der Waals surface area contributed by atoms with Crippen molar-refractivity contribution >= 4 is 45.0 Å². The van der Waals surface area contributed by atoms with E-state index in [1.54, 1.807) is 6.21 Å². The van der Waals surface area contributed by atoms with Gasteiger partial charge in [-0.3, -0.25) is 4.79 Å². The molecule has 23 heavy (non-hydrogen) atoms. The van der Waals surface area contributed by atoms with Gasteiger partial charge in [0.25, 0.3) is 0 Å². The first kappa shape index (κ1) is 17.8. The number of carbonyl (C=O) groups is 1. The van der Waals surface area contributed by atoms with Crippen molar-refractivity contribution in [2.45, 2.75) is 20.3 Å². The third-order valence-electron chi connectivity index (χ3n) is 2.76. The molecule has 1 aliphatic heterocycles. The number of thioether (sulfide) groups is 1. The van der Waals surface area contributed by atoms with Crippen molar-refractivity contribution in [3.63, 3.8) is 0 Å². The minimum Gasteiger partial charge on any atom is -0.490 e. The SMILES string of the molecule is CCCOc1cc(Br)c(C=NN=C2NC(=O)CS2)cc1OCC. The van der Waals surface area contributed by atoms with Gasteiger partial charge < -0.3 is 14.8 Å². The zero-order valence-corrected chi connectivity index (χ0v) is 15.4. The Morgan fingerprint density at radius 3 is 2.78 bits per heavy atom. The van der Waals surface area contributed by atoms with Crippen LogP contribution >= 0.6 is 27.7 Å². The van der Waals surface area contributed by atoms with Gasteiger partial charge in [0.1, 0.15) is 0 Å². The van der Waals surface area contributed by atoms with Gasteiger partial charge in [0, 0.05) is 10.0 Å². The summed E-state index contributed by atoms with van der Waals surface area (Å²) in [7, 11) is 0. The molecule has 0 spiro atoms. The lowest BCUT2D eigenvalue weighted by molar-refractivity contribution is -0.116. The Labute approximate surface area is 147 Å². The molecule has 0 saturated carbocycles. The van der Waals surface area contributed by atoms with Crippen LogP contribution in [-0.2, 0) is 4.79 Å². The Balaban J connectivity index is 2.17. The Bertz CT molecular complexity index is 635. The summed E-state index contributed by atoms with van der Waals surface area (Å²) in [5, 5.41) is 11.1. The minimum atomic E-state index is -0.0545. The monoisotopic (exact) mass is 399 g/mol. The van der Waals surface area contributed by atoms with Crippen LogP contribution in [0, 0.1) is 0 Å². The normalized spacial score (nSPS) is 16.1. The van der Waals surface area contributed by atoms with Crippen molar-refractivity contribution < 1.29 is 14.3 Å². The molecule has 2 rings (SSSR count). The van der Waals surface area contributed by atoms with Crippen LogP contribution in [0.5, 0.6) is 11.5 Å². The lowest BCUT2D eigenvalue weighted by Gasteiger charge is -2.13. The average molecular weight is 400 g/mol. The summed E-state index contributed by atoms with van der Waals surface area (Å²) in [5.74, 6) is 1.70. The predicted molar refractivity (Wildman–Crippen MR) is 96.7 cm³/mol. The van der Waals surface area contributed by atoms with Gasteiger partial charge in [-0.15, -0.1) is 5.10 Å². The smallest absolute Gasteiger partial charge is 0.236 e. The summed E-state index contributed by atoms with van der Waals surface area (Å²) in [5.41, 5.74) is 0.816. The second kappa shape index (κ2) is 8.93. The van der Waals surface area contributed by atoms with Crippen molar-refractivity contribution in [2.24, 2.45) is 10.2 Å². The fourth-order valence-corrected chi connectivity index (χ4v) is 2.82. The van der Waals surface area contributed by atoms with Crippen molar-refractivity contribution in [3.8, 4) is 11.5 Å². The van der Waals surface area contributed by atoms with Gasteiger partial charge in [0.15, 0.2) is 16.7 Å². The molecule has 1 saturated heterocycles. The van der Waals surface area contributed by atoms with Crippen molar-refractivity contribution in [2.75, 3.05) is 19.0 Å². The first-order valence-electron chi connectivity index (χ1n) is 7.26. The van der Waals surface area contributed by atoms with Crippen LogP contribution in [0.4, 0.5) is 0 Å². The highest BCUT2D eigenvalue weighted by Crippen LogP contribution is 2.33. The van der Waals surface area contributed by atoms with E-state index in [0.717, 1.165) is 16.5 Å². The van der Waals surface area contributed by atoms with Crippen molar-refractivity contribution in [1.29, 1.82) is 0 Å². The van der Waals surface area contributed by atoms with Crippen LogP contribution in [0.2, 0.25) is 0 Å². The van der Waals surface area contributed by atoms with Gasteiger partial charge in [0.2, 0.25) is 5.91 Å². The number of nitrogens with one attached hydrogen (secondary N) is 1. The number of amidine groups is 1. The highest BCUT2D eigenvalue weighted by atomic mass is 79.9. The van der Waals surface area contributed by atoms with E-state index in [4.69, 9.17) is 9.47 Å². The van der Waals surface area contributed by atoms with Crippen LogP contribution in [-0.4, -0.2) is 36.3 Å². The molecule has 0 unspecified atom stereocenters. The number of halogens is 1. The first-order chi connectivity index (χ1) is 11.1. The third-order valence-corrected chi connectivity index (χ3v) is 4.31. The van der Waals surface area contributed by atoms with E-state index >= 15 is 0 Å². The molecule has 0 radical (unpaired) electrons. The molecule has 1 N–H and O–H groups in total. The summed E-state index contributed by atoms with van der Waals surface area (Å²) in [6.07, 6.45) is 2.53. The van der Waals surface area contributed by atoms with Gasteiger partial charge in [-0.05, 0) is 41.4 Å². The second-order valence-electron chi connectivity index (χ2n) is 4.59. The summed E-state index contributed by atoms with van der Waals surface area (Å²) in [4.78, 5) is 11.1. The third kappa shape index (κ3) is 5.24. The molecule has 1 fully saturated rings. The largest absolute Gasteiger partial charge is 0.490 e. The van der Waals surface area contributed by atoms with Crippen LogP contribution in [0.3, 0.4) is 0 Å². The van der Waals surface area contributed by atoms with Crippen molar-refractivity contribution in [3.05, 3.63) is 22.2 Å². The number of rotatable bonds is 7. The molecule has 1 aromatic carbocycles. The molecule has 0 aliphatic carbocycles. The molecule has 0 atom stereocenters. The van der Waals surface area contributed by atoms with Gasteiger partial charge in [-0.25, -0.2) is 0 Å². The second-order valence-corrected chi connectivity index (χ2v) is 6.41. The number of amides is 1. The highest BCUT2D eigenvalue weighted by Gasteiger charge is 2.16. The number of nitrogens with zero attached hydrogens (tertiary/aromatic N) is 2. The highest BCUT2D eigenvalue weighted by molar-refractivity contribution is 9.10. The summed E-state index contributed by atoms with van der Waals surface area (Å²) in [6, 6.07) is 3.71. The number of carbonyl (C=O) groups excluding carboxylic acids is 1. The topological polar surface area (TPSA) is 72.3 Å². The van der Waals surface area contributed by atoms with Crippen LogP contribution in [0.1, 0.15) is 25.8 Å². The Morgan fingerprint density at radius 1 is 1.35 bits per heavy atom. The van der Waals surface area contributed by atoms with E-state index in [1.807, 2.05) is 19.1 Å². The molecule has 6 nitrogen and oxygen atoms in total. The molecule has 8 heteroatoms. The van der Waals surface area contributed by atoms with E-state index in [-0.39, 0.29) is 5.91 Å². The van der Waals surface area contributed by atoms with Crippen LogP contribution in [0.15, 0.2) is 26.8 Å². The van der Waals surface area contributed by atoms with E-state index in [2.05, 4.69) is 38.4 Å². The Morgan fingerprint density at radius 2 is 2.13 bits per heavy atom. The van der Waals surface area contributed by atoms with Gasteiger partial charge in [0.05, 0.1) is 25.2 Å². The van der Waals surface area contributed by atoms with Gasteiger partial charge >= 0.3 is 0 Å². The lowest BCUT2D eigenvalue weighted by Crippen LogP contribution is -2.19. The van der Waals surface area contributed by atoms with E-state index < -0.39 is 0 Å². The summed E-state index contributed by atoms with van der Waals surface area (Å²) < 4.78 is 12.1. The Kier molecular flexibility index (Phi) is 6.91. The van der Waals surface area contributed by atoms with Gasteiger partial charge in [-0.1, -0.05) is 18.7 Å². The van der Waals surface area contributed by atoms with E-state index in [1.165, 1.54) is 11.8 Å². The maximum absolute atomic E-state index is 11.1. The molecule has 0 bridgehead atoms. The predicted octanol–water partition coefficient (Wildman–Crippen LogP) is 3.19. The summed E-state index contributed by atoms with van der Waals surface area (Å²) >= 11 is 4.83. The molecule has 124 valence electrons. The fourth-order valence-electron chi connectivity index (χ4n) is 1.77. The van der Waals surface area contributed by atoms with Gasteiger partial charge in [-0.2, -0.15) is 5.10 Å². The van der Waals surface area contributed by atoms with E-state index in [0.29, 0.717) is 35.6 Å². The number of benzene rings is 1. The molecule has 1 amide bonds. The Hall–Kier alpha value is -1.54. The molecule has 1 aliphatic rings. The standard InChI is InChI=1S/C15H18BrN3O3S/c1-3-5-22-13-7-11(16)10(6-12(13)21-4-2)8-17-19-15-18-14(20)9-23-15/h6-8H,3-5,9H2,1-2H3,(H,18,19,20). The zero-order chi connectivity index (χ0) is 16.7. The quantitative estimate of drug-likeness (QED) is 0.564. The fraction of sp³-hybridized carbons (Fsp3) is 0.400. The number of ether oxygens (including phenoxy) is 2. The molecular formula is C15H18BrN3O3S. The van der Waals surface area contributed by atoms with Crippen LogP contribution in [0.25, 0.3) is 0 Å². The maximum Gasteiger partial charge on any atom is 0.236 e. The number of hydrogen-bond acceptors (Lipinski definition) is 6. The average Bonchev–Trinajstić information content (AvgIpc) is 2.94. The molecule has 1 heterocycles. The number of hydrogen-bond donors (Lipinski definition) is 1.